The minimum atomic E-state index is -0.745. The Balaban J connectivity index is 2.24. The summed E-state index contributed by atoms with van der Waals surface area (Å²) in [5.74, 6) is -1.57. The van der Waals surface area contributed by atoms with Crippen molar-refractivity contribution in [2.24, 2.45) is 0 Å². The highest BCUT2D eigenvalue weighted by atomic mass is 35.5. The van der Waals surface area contributed by atoms with Gasteiger partial charge in [-0.05, 0) is 24.1 Å². The van der Waals surface area contributed by atoms with Gasteiger partial charge in [0, 0.05) is 11.6 Å². The first-order valence-corrected chi connectivity index (χ1v) is 10.0. The number of methoxy groups -OCH3 is 1. The molecule has 1 aliphatic rings. The van der Waals surface area contributed by atoms with E-state index in [-0.39, 0.29) is 32.7 Å². The molecule has 3 rings (SSSR count). The van der Waals surface area contributed by atoms with Crippen LogP contribution in [0.2, 0.25) is 10.0 Å². The third-order valence-corrected chi connectivity index (χ3v) is 5.37. The van der Waals surface area contributed by atoms with Crippen LogP contribution in [0.15, 0.2) is 48.0 Å². The number of hydrogen-bond donors (Lipinski definition) is 1. The third kappa shape index (κ3) is 3.98. The zero-order valence-electron chi connectivity index (χ0n) is 16.1. The van der Waals surface area contributed by atoms with Gasteiger partial charge in [-0.15, -0.1) is 0 Å². The van der Waals surface area contributed by atoms with Gasteiger partial charge in [0.15, 0.2) is 0 Å². The molecular formula is C22H21Cl2NO4. The van der Waals surface area contributed by atoms with Crippen molar-refractivity contribution in [2.75, 3.05) is 13.7 Å². The molecule has 2 aromatic carbocycles. The topological polar surface area (TPSA) is 66.8 Å². The number of unbranched alkanes of at least 4 members (excludes halogenated alkanes) is 1. The van der Waals surface area contributed by atoms with Crippen LogP contribution >= 0.6 is 23.2 Å². The Bertz CT molecular complexity index is 972. The lowest BCUT2D eigenvalue weighted by molar-refractivity contribution is -0.139. The van der Waals surface area contributed by atoms with E-state index in [9.17, 15) is 14.7 Å². The molecule has 0 aliphatic carbocycles. The number of ether oxygens (including phenoxy) is 1. The van der Waals surface area contributed by atoms with Crippen LogP contribution in [0.25, 0.3) is 5.76 Å². The van der Waals surface area contributed by atoms with Gasteiger partial charge in [-0.25, -0.2) is 0 Å². The summed E-state index contributed by atoms with van der Waals surface area (Å²) >= 11 is 12.3. The highest BCUT2D eigenvalue weighted by Crippen LogP contribution is 2.43. The Labute approximate surface area is 179 Å². The second-order valence-corrected chi connectivity index (χ2v) is 7.57. The molecule has 1 N–H and O–H groups in total. The Hall–Kier alpha value is -2.50. The molecule has 29 heavy (non-hydrogen) atoms. The Morgan fingerprint density at radius 1 is 1.17 bits per heavy atom. The van der Waals surface area contributed by atoms with Gasteiger partial charge in [0.2, 0.25) is 0 Å². The number of likely N-dealkylation sites (tertiary alicyclic amines) is 1. The van der Waals surface area contributed by atoms with Crippen molar-refractivity contribution in [1.29, 1.82) is 0 Å². The highest BCUT2D eigenvalue weighted by molar-refractivity contribution is 6.46. The Kier molecular flexibility index (Phi) is 6.50. The van der Waals surface area contributed by atoms with Gasteiger partial charge in [0.05, 0.1) is 29.3 Å². The quantitative estimate of drug-likeness (QED) is 0.385. The number of carbonyl (C=O) groups is 2. The molecule has 0 aromatic heterocycles. The van der Waals surface area contributed by atoms with Crippen LogP contribution in [0.1, 0.15) is 36.9 Å². The molecular weight excluding hydrogens is 413 g/mol. The summed E-state index contributed by atoms with van der Waals surface area (Å²) in [6.07, 6.45) is 1.60. The largest absolute Gasteiger partial charge is 0.507 e. The number of aliphatic hydroxyl groups is 1. The molecule has 0 bridgehead atoms. The van der Waals surface area contributed by atoms with E-state index in [1.54, 1.807) is 0 Å². The van der Waals surface area contributed by atoms with Crippen molar-refractivity contribution in [3.63, 3.8) is 0 Å². The molecule has 0 saturated carbocycles. The second-order valence-electron chi connectivity index (χ2n) is 6.73. The Morgan fingerprint density at radius 2 is 1.86 bits per heavy atom. The van der Waals surface area contributed by atoms with E-state index in [4.69, 9.17) is 27.9 Å². The number of benzene rings is 2. The van der Waals surface area contributed by atoms with Crippen LogP contribution in [0.3, 0.4) is 0 Å². The zero-order valence-corrected chi connectivity index (χ0v) is 17.6. The monoisotopic (exact) mass is 433 g/mol. The molecule has 0 radical (unpaired) electrons. The molecule has 7 heteroatoms. The number of carbonyl (C=O) groups excluding carboxylic acids is 2. The van der Waals surface area contributed by atoms with E-state index in [1.165, 1.54) is 24.1 Å². The molecule has 152 valence electrons. The summed E-state index contributed by atoms with van der Waals surface area (Å²) < 4.78 is 5.31. The van der Waals surface area contributed by atoms with Crippen LogP contribution < -0.4 is 4.74 Å². The van der Waals surface area contributed by atoms with Crippen molar-refractivity contribution in [2.45, 2.75) is 25.8 Å². The number of aliphatic hydroxyl groups excluding tert-OH is 1. The first kappa shape index (κ1) is 21.2. The molecule has 1 aliphatic heterocycles. The van der Waals surface area contributed by atoms with Crippen molar-refractivity contribution < 1.29 is 19.4 Å². The summed E-state index contributed by atoms with van der Waals surface area (Å²) in [7, 11) is 1.40. The first-order chi connectivity index (χ1) is 13.9. The standard InChI is InChI=1S/C22H21Cl2NO4/c1-3-4-10-25-18(13-8-6-5-7-9-13)17(20(27)22(25)28)19(26)15-11-14(23)12-16(24)21(15)29-2/h5-9,11-12,18,26H,3-4,10H2,1-2H3/b19-17+. The fourth-order valence-electron chi connectivity index (χ4n) is 3.51. The maximum atomic E-state index is 12.9. The number of halogens is 2. The van der Waals surface area contributed by atoms with E-state index >= 15 is 0 Å². The minimum absolute atomic E-state index is 0.00561. The van der Waals surface area contributed by atoms with Gasteiger partial charge in [-0.3, -0.25) is 9.59 Å². The van der Waals surface area contributed by atoms with Crippen LogP contribution in [-0.2, 0) is 9.59 Å². The zero-order chi connectivity index (χ0) is 21.1. The third-order valence-electron chi connectivity index (χ3n) is 4.88. The van der Waals surface area contributed by atoms with E-state index in [0.29, 0.717) is 6.54 Å². The lowest BCUT2D eigenvalue weighted by Crippen LogP contribution is -2.30. The predicted molar refractivity (Wildman–Crippen MR) is 113 cm³/mol. The molecule has 5 nitrogen and oxygen atoms in total. The maximum absolute atomic E-state index is 12.9. The van der Waals surface area contributed by atoms with Gasteiger partial charge in [-0.2, -0.15) is 0 Å². The van der Waals surface area contributed by atoms with Gasteiger partial charge in [0.1, 0.15) is 11.5 Å². The molecule has 1 fully saturated rings. The van der Waals surface area contributed by atoms with Crippen molar-refractivity contribution in [1.82, 2.24) is 4.90 Å². The van der Waals surface area contributed by atoms with Crippen molar-refractivity contribution in [3.8, 4) is 5.75 Å². The number of Topliss-reactive ketones (excluding diaryl/α,β-unsaturated/α-hetero) is 1. The maximum Gasteiger partial charge on any atom is 0.295 e. The van der Waals surface area contributed by atoms with Crippen LogP contribution in [-0.4, -0.2) is 35.4 Å². The van der Waals surface area contributed by atoms with Crippen molar-refractivity contribution in [3.05, 3.63) is 69.2 Å². The van der Waals surface area contributed by atoms with Crippen LogP contribution in [0, 0.1) is 0 Å². The summed E-state index contributed by atoms with van der Waals surface area (Å²) in [6, 6.07) is 11.4. The minimum Gasteiger partial charge on any atom is -0.507 e. The van der Waals surface area contributed by atoms with E-state index in [2.05, 4.69) is 0 Å². The van der Waals surface area contributed by atoms with Gasteiger partial charge < -0.3 is 14.7 Å². The summed E-state index contributed by atoms with van der Waals surface area (Å²) in [5.41, 5.74) is 0.893. The smallest absolute Gasteiger partial charge is 0.295 e. The van der Waals surface area contributed by atoms with Crippen LogP contribution in [0.5, 0.6) is 5.75 Å². The second kappa shape index (κ2) is 8.89. The fourth-order valence-corrected chi connectivity index (χ4v) is 4.08. The molecule has 1 atom stereocenters. The molecule has 1 heterocycles. The SMILES string of the molecule is CCCCN1C(=O)C(=O)/C(=C(/O)c2cc(Cl)cc(Cl)c2OC)C1c1ccccc1. The number of amides is 1. The molecule has 0 spiro atoms. The highest BCUT2D eigenvalue weighted by Gasteiger charge is 2.46. The molecule has 1 amide bonds. The fraction of sp³-hybridized carbons (Fsp3) is 0.273. The molecule has 1 saturated heterocycles. The number of nitrogens with zero attached hydrogens (tertiary/aromatic N) is 1. The summed E-state index contributed by atoms with van der Waals surface area (Å²) in [5, 5.41) is 11.6. The predicted octanol–water partition coefficient (Wildman–Crippen LogP) is 5.22. The number of rotatable bonds is 6. The first-order valence-electron chi connectivity index (χ1n) is 9.27. The van der Waals surface area contributed by atoms with Crippen LogP contribution in [0.4, 0.5) is 0 Å². The normalized spacial score (nSPS) is 18.3. The Morgan fingerprint density at radius 3 is 2.48 bits per heavy atom. The average Bonchev–Trinajstić information content (AvgIpc) is 2.96. The number of ketones is 1. The average molecular weight is 434 g/mol. The van der Waals surface area contributed by atoms with Gasteiger partial charge in [0.25, 0.3) is 11.7 Å². The van der Waals surface area contributed by atoms with Gasteiger partial charge in [-0.1, -0.05) is 66.9 Å². The lowest BCUT2D eigenvalue weighted by Gasteiger charge is -2.25. The van der Waals surface area contributed by atoms with E-state index in [0.717, 1.165) is 18.4 Å². The van der Waals surface area contributed by atoms with Gasteiger partial charge >= 0.3 is 0 Å². The summed E-state index contributed by atoms with van der Waals surface area (Å²) in [6.45, 7) is 2.41. The molecule has 1 unspecified atom stereocenters. The van der Waals surface area contributed by atoms with Crippen molar-refractivity contribution >= 4 is 40.7 Å². The van der Waals surface area contributed by atoms with E-state index in [1.807, 2.05) is 37.3 Å². The summed E-state index contributed by atoms with van der Waals surface area (Å²) in [4.78, 5) is 27.2. The number of hydrogen-bond acceptors (Lipinski definition) is 4. The lowest BCUT2D eigenvalue weighted by atomic mass is 9.95. The molecule has 2 aromatic rings. The van der Waals surface area contributed by atoms with E-state index < -0.39 is 17.7 Å².